The Labute approximate surface area is 138 Å². The lowest BCUT2D eigenvalue weighted by Crippen LogP contribution is -2.40. The van der Waals surface area contributed by atoms with E-state index >= 15 is 0 Å². The van der Waals surface area contributed by atoms with Crippen molar-refractivity contribution in [3.63, 3.8) is 0 Å². The van der Waals surface area contributed by atoms with Gasteiger partial charge in [-0.2, -0.15) is 5.10 Å². The number of aromatic nitrogens is 2. The van der Waals surface area contributed by atoms with Gasteiger partial charge in [0.05, 0.1) is 18.3 Å². The van der Waals surface area contributed by atoms with Gasteiger partial charge in [-0.05, 0) is 37.2 Å². The van der Waals surface area contributed by atoms with E-state index in [1.54, 1.807) is 10.9 Å². The third-order valence-corrected chi connectivity index (χ3v) is 3.53. The molecule has 0 aliphatic heterocycles. The number of carbonyl (C=O) groups is 1. The molecule has 0 radical (unpaired) electrons. The fraction of sp³-hybridized carbons (Fsp3) is 0.444. The average molecular weight is 314 g/mol. The minimum Gasteiger partial charge on any atom is -0.355 e. The lowest BCUT2D eigenvalue weighted by Gasteiger charge is -2.28. The monoisotopic (exact) mass is 314 g/mol. The van der Waals surface area contributed by atoms with Crippen molar-refractivity contribution in [2.45, 2.75) is 20.3 Å². The summed E-state index contributed by atoms with van der Waals surface area (Å²) in [6.07, 6.45) is 4.00. The van der Waals surface area contributed by atoms with Gasteiger partial charge in [-0.1, -0.05) is 32.0 Å². The van der Waals surface area contributed by atoms with Gasteiger partial charge in [0.2, 0.25) is 5.91 Å². The Morgan fingerprint density at radius 3 is 2.61 bits per heavy atom. The number of para-hydroxylation sites is 1. The van der Waals surface area contributed by atoms with Crippen LogP contribution in [0.5, 0.6) is 0 Å². The van der Waals surface area contributed by atoms with E-state index in [-0.39, 0.29) is 11.3 Å². The van der Waals surface area contributed by atoms with Gasteiger partial charge in [0.1, 0.15) is 0 Å². The molecule has 1 heterocycles. The largest absolute Gasteiger partial charge is 0.355 e. The molecule has 0 spiro atoms. The smallest absolute Gasteiger partial charge is 0.224 e. The summed E-state index contributed by atoms with van der Waals surface area (Å²) in [6, 6.07) is 9.88. The van der Waals surface area contributed by atoms with Crippen molar-refractivity contribution in [2.24, 2.45) is 5.41 Å². The highest BCUT2D eigenvalue weighted by Crippen LogP contribution is 2.14. The average Bonchev–Trinajstić information content (AvgIpc) is 2.93. The molecule has 5 heteroatoms. The number of nitrogens with one attached hydrogen (secondary N) is 1. The van der Waals surface area contributed by atoms with Gasteiger partial charge in [-0.3, -0.25) is 4.79 Å². The minimum absolute atomic E-state index is 0.0319. The lowest BCUT2D eigenvalue weighted by molar-refractivity contribution is -0.120. The molecule has 0 aliphatic carbocycles. The van der Waals surface area contributed by atoms with Crippen LogP contribution in [0.1, 0.15) is 19.4 Å². The van der Waals surface area contributed by atoms with Gasteiger partial charge < -0.3 is 10.2 Å². The summed E-state index contributed by atoms with van der Waals surface area (Å²) in [5.41, 5.74) is 1.95. The molecule has 0 fully saturated rings. The Kier molecular flexibility index (Phi) is 5.55. The summed E-state index contributed by atoms with van der Waals surface area (Å²) >= 11 is 0. The highest BCUT2D eigenvalue weighted by molar-refractivity contribution is 5.78. The molecule has 1 aromatic heterocycles. The molecule has 23 heavy (non-hydrogen) atoms. The van der Waals surface area contributed by atoms with E-state index in [1.807, 2.05) is 50.6 Å². The summed E-state index contributed by atoms with van der Waals surface area (Å²) in [5, 5.41) is 7.34. The van der Waals surface area contributed by atoms with Gasteiger partial charge in [0.25, 0.3) is 0 Å². The molecule has 2 rings (SSSR count). The van der Waals surface area contributed by atoms with Gasteiger partial charge in [0, 0.05) is 19.3 Å². The molecule has 0 unspecified atom stereocenters. The molecule has 1 amide bonds. The van der Waals surface area contributed by atoms with Crippen LogP contribution in [0.2, 0.25) is 0 Å². The van der Waals surface area contributed by atoms with Crippen LogP contribution in [0.25, 0.3) is 5.69 Å². The van der Waals surface area contributed by atoms with Gasteiger partial charge in [0.15, 0.2) is 0 Å². The fourth-order valence-electron chi connectivity index (χ4n) is 2.67. The molecule has 0 saturated carbocycles. The van der Waals surface area contributed by atoms with E-state index < -0.39 is 0 Å². The second-order valence-electron chi connectivity index (χ2n) is 6.98. The molecule has 0 bridgehead atoms. The number of amides is 1. The third-order valence-electron chi connectivity index (χ3n) is 3.53. The lowest BCUT2D eigenvalue weighted by atomic mass is 9.93. The number of nitrogens with zero attached hydrogens (tertiary/aromatic N) is 3. The van der Waals surface area contributed by atoms with E-state index in [9.17, 15) is 4.79 Å². The second kappa shape index (κ2) is 7.42. The summed E-state index contributed by atoms with van der Waals surface area (Å²) in [4.78, 5) is 14.3. The molecule has 124 valence electrons. The molecule has 2 aromatic rings. The summed E-state index contributed by atoms with van der Waals surface area (Å²) in [5.74, 6) is 0.0319. The zero-order valence-electron chi connectivity index (χ0n) is 14.4. The predicted molar refractivity (Wildman–Crippen MR) is 92.6 cm³/mol. The molecular weight excluding hydrogens is 288 g/mol. The number of carbonyl (C=O) groups excluding carboxylic acids is 1. The number of benzene rings is 1. The first kappa shape index (κ1) is 17.2. The van der Waals surface area contributed by atoms with Crippen molar-refractivity contribution in [3.8, 4) is 5.69 Å². The van der Waals surface area contributed by atoms with Gasteiger partial charge >= 0.3 is 0 Å². The molecule has 1 aromatic carbocycles. The standard InChI is InChI=1S/C18H26N4O/c1-18(2,14-21(3)4)13-19-17(23)10-15-11-20-22(12-15)16-8-6-5-7-9-16/h5-9,11-12H,10,13-14H2,1-4H3,(H,19,23). The molecular formula is C18H26N4O. The first-order valence-electron chi connectivity index (χ1n) is 7.86. The topological polar surface area (TPSA) is 50.2 Å². The van der Waals surface area contributed by atoms with E-state index in [1.165, 1.54) is 0 Å². The van der Waals surface area contributed by atoms with Gasteiger partial charge in [-0.25, -0.2) is 4.68 Å². The number of rotatable bonds is 7. The number of hydrogen-bond acceptors (Lipinski definition) is 3. The van der Waals surface area contributed by atoms with Crippen molar-refractivity contribution in [2.75, 3.05) is 27.2 Å². The van der Waals surface area contributed by atoms with Crippen molar-refractivity contribution in [3.05, 3.63) is 48.3 Å². The summed E-state index contributed by atoms with van der Waals surface area (Å²) in [6.45, 7) is 5.90. The van der Waals surface area contributed by atoms with Crippen molar-refractivity contribution < 1.29 is 4.79 Å². The predicted octanol–water partition coefficient (Wildman–Crippen LogP) is 2.12. The zero-order chi connectivity index (χ0) is 16.9. The van der Waals surface area contributed by atoms with E-state index in [0.29, 0.717) is 13.0 Å². The highest BCUT2D eigenvalue weighted by atomic mass is 16.1. The Bertz CT molecular complexity index is 631. The van der Waals surface area contributed by atoms with Crippen LogP contribution in [-0.2, 0) is 11.2 Å². The highest BCUT2D eigenvalue weighted by Gasteiger charge is 2.19. The van der Waals surface area contributed by atoms with Crippen LogP contribution in [0.15, 0.2) is 42.7 Å². The minimum atomic E-state index is 0.0319. The SMILES string of the molecule is CN(C)CC(C)(C)CNC(=O)Cc1cnn(-c2ccccc2)c1. The van der Waals surface area contributed by atoms with Crippen molar-refractivity contribution in [1.82, 2.24) is 20.0 Å². The second-order valence-corrected chi connectivity index (χ2v) is 6.98. The third kappa shape index (κ3) is 5.53. The molecule has 5 nitrogen and oxygen atoms in total. The maximum atomic E-state index is 12.1. The Hall–Kier alpha value is -2.14. The zero-order valence-corrected chi connectivity index (χ0v) is 14.4. The Balaban J connectivity index is 1.88. The van der Waals surface area contributed by atoms with Crippen LogP contribution < -0.4 is 5.32 Å². The molecule has 1 N–H and O–H groups in total. The summed E-state index contributed by atoms with van der Waals surface area (Å²) in [7, 11) is 4.09. The van der Waals surface area contributed by atoms with Crippen LogP contribution in [-0.4, -0.2) is 47.8 Å². The van der Waals surface area contributed by atoms with E-state index in [0.717, 1.165) is 17.8 Å². The normalized spacial score (nSPS) is 11.7. The molecule has 0 aliphatic rings. The Morgan fingerprint density at radius 2 is 1.96 bits per heavy atom. The van der Waals surface area contributed by atoms with Crippen molar-refractivity contribution in [1.29, 1.82) is 0 Å². The van der Waals surface area contributed by atoms with Crippen LogP contribution >= 0.6 is 0 Å². The quantitative estimate of drug-likeness (QED) is 0.851. The maximum absolute atomic E-state index is 12.1. The van der Waals surface area contributed by atoms with Crippen LogP contribution in [0, 0.1) is 5.41 Å². The summed E-state index contributed by atoms with van der Waals surface area (Å²) < 4.78 is 1.79. The van der Waals surface area contributed by atoms with E-state index in [4.69, 9.17) is 0 Å². The molecule has 0 saturated heterocycles. The van der Waals surface area contributed by atoms with Crippen LogP contribution in [0.3, 0.4) is 0 Å². The fourth-order valence-corrected chi connectivity index (χ4v) is 2.67. The van der Waals surface area contributed by atoms with Crippen LogP contribution in [0.4, 0.5) is 0 Å². The molecule has 0 atom stereocenters. The van der Waals surface area contributed by atoms with Crippen molar-refractivity contribution >= 4 is 5.91 Å². The first-order valence-corrected chi connectivity index (χ1v) is 7.86. The first-order chi connectivity index (χ1) is 10.9. The maximum Gasteiger partial charge on any atom is 0.224 e. The number of hydrogen-bond donors (Lipinski definition) is 1. The Morgan fingerprint density at radius 1 is 1.26 bits per heavy atom. The van der Waals surface area contributed by atoms with Gasteiger partial charge in [-0.15, -0.1) is 0 Å². The van der Waals surface area contributed by atoms with E-state index in [2.05, 4.69) is 29.2 Å².